The first-order valence-electron chi connectivity index (χ1n) is 5.70. The van der Waals surface area contributed by atoms with Gasteiger partial charge in [-0.2, -0.15) is 0 Å². The number of rotatable bonds is 4. The van der Waals surface area contributed by atoms with Crippen LogP contribution in [0.1, 0.15) is 18.5 Å². The Morgan fingerprint density at radius 2 is 2.31 bits per heavy atom. The summed E-state index contributed by atoms with van der Waals surface area (Å²) in [7, 11) is 2.08. The van der Waals surface area contributed by atoms with E-state index in [1.807, 2.05) is 6.07 Å². The predicted molar refractivity (Wildman–Crippen MR) is 63.7 cm³/mol. The average Bonchev–Trinajstić information content (AvgIpc) is 2.15. The van der Waals surface area contributed by atoms with Crippen LogP contribution in [-0.4, -0.2) is 34.7 Å². The van der Waals surface area contributed by atoms with Crippen molar-refractivity contribution >= 4 is 5.69 Å². The molecule has 1 aliphatic rings. The highest BCUT2D eigenvalue weighted by Gasteiger charge is 2.27. The Labute approximate surface area is 96.1 Å². The second kappa shape index (κ2) is 4.80. The van der Waals surface area contributed by atoms with E-state index in [0.717, 1.165) is 37.3 Å². The van der Waals surface area contributed by atoms with E-state index in [1.54, 1.807) is 12.3 Å². The van der Waals surface area contributed by atoms with E-state index in [-0.39, 0.29) is 6.10 Å². The van der Waals surface area contributed by atoms with E-state index in [1.165, 1.54) is 0 Å². The third kappa shape index (κ3) is 2.93. The Kier molecular flexibility index (Phi) is 3.41. The number of aromatic nitrogens is 1. The van der Waals surface area contributed by atoms with Gasteiger partial charge in [0.05, 0.1) is 11.8 Å². The van der Waals surface area contributed by atoms with Crippen LogP contribution < -0.4 is 5.73 Å². The van der Waals surface area contributed by atoms with Crippen LogP contribution in [0.4, 0.5) is 5.69 Å². The van der Waals surface area contributed by atoms with Crippen LogP contribution in [0.2, 0.25) is 0 Å². The van der Waals surface area contributed by atoms with Crippen molar-refractivity contribution in [2.45, 2.75) is 25.5 Å². The molecule has 0 unspecified atom stereocenters. The van der Waals surface area contributed by atoms with Crippen molar-refractivity contribution in [1.29, 1.82) is 0 Å². The number of pyridine rings is 1. The number of hydrogen-bond donors (Lipinski definition) is 2. The van der Waals surface area contributed by atoms with E-state index in [2.05, 4.69) is 16.9 Å². The SMILES string of the molecule is CN(Cc1cc(N)ccn1)CC1CC(O)C1. The Balaban J connectivity index is 1.80. The highest BCUT2D eigenvalue weighted by Crippen LogP contribution is 2.27. The lowest BCUT2D eigenvalue weighted by Crippen LogP contribution is -2.36. The van der Waals surface area contributed by atoms with E-state index < -0.39 is 0 Å². The summed E-state index contributed by atoms with van der Waals surface area (Å²) in [5, 5.41) is 9.21. The van der Waals surface area contributed by atoms with Crippen molar-refractivity contribution < 1.29 is 5.11 Å². The third-order valence-electron chi connectivity index (χ3n) is 3.05. The summed E-state index contributed by atoms with van der Waals surface area (Å²) in [6.45, 7) is 1.84. The van der Waals surface area contributed by atoms with Gasteiger partial charge in [0.25, 0.3) is 0 Å². The lowest BCUT2D eigenvalue weighted by Gasteiger charge is -2.34. The van der Waals surface area contributed by atoms with Crippen LogP contribution in [0.5, 0.6) is 0 Å². The third-order valence-corrected chi connectivity index (χ3v) is 3.05. The van der Waals surface area contributed by atoms with E-state index in [4.69, 9.17) is 5.73 Å². The molecule has 4 heteroatoms. The van der Waals surface area contributed by atoms with Crippen molar-refractivity contribution in [2.24, 2.45) is 5.92 Å². The maximum atomic E-state index is 9.21. The zero-order valence-electron chi connectivity index (χ0n) is 9.63. The zero-order valence-corrected chi connectivity index (χ0v) is 9.63. The molecule has 0 aromatic carbocycles. The molecule has 0 saturated heterocycles. The van der Waals surface area contributed by atoms with Crippen molar-refractivity contribution in [2.75, 3.05) is 19.3 Å². The first kappa shape index (κ1) is 11.4. The van der Waals surface area contributed by atoms with E-state index >= 15 is 0 Å². The average molecular weight is 221 g/mol. The number of nitrogens with two attached hydrogens (primary N) is 1. The second-order valence-electron chi connectivity index (χ2n) is 4.77. The Hall–Kier alpha value is -1.13. The lowest BCUT2D eigenvalue weighted by atomic mass is 9.82. The highest BCUT2D eigenvalue weighted by molar-refractivity contribution is 5.37. The maximum absolute atomic E-state index is 9.21. The molecular weight excluding hydrogens is 202 g/mol. The minimum Gasteiger partial charge on any atom is -0.399 e. The largest absolute Gasteiger partial charge is 0.399 e. The van der Waals surface area contributed by atoms with Crippen LogP contribution in [0.3, 0.4) is 0 Å². The number of nitrogens with zero attached hydrogens (tertiary/aromatic N) is 2. The number of hydrogen-bond acceptors (Lipinski definition) is 4. The van der Waals surface area contributed by atoms with Gasteiger partial charge in [-0.3, -0.25) is 4.98 Å². The number of aliphatic hydroxyl groups is 1. The molecule has 2 rings (SSSR count). The second-order valence-corrected chi connectivity index (χ2v) is 4.77. The fourth-order valence-corrected chi connectivity index (χ4v) is 2.21. The van der Waals surface area contributed by atoms with Gasteiger partial charge >= 0.3 is 0 Å². The molecule has 16 heavy (non-hydrogen) atoms. The number of anilines is 1. The van der Waals surface area contributed by atoms with Crippen LogP contribution >= 0.6 is 0 Å². The maximum Gasteiger partial charge on any atom is 0.0564 e. The first-order valence-corrected chi connectivity index (χ1v) is 5.70. The minimum absolute atomic E-state index is 0.0658. The van der Waals surface area contributed by atoms with Crippen molar-refractivity contribution in [1.82, 2.24) is 9.88 Å². The van der Waals surface area contributed by atoms with Gasteiger partial charge in [0, 0.05) is 25.0 Å². The summed E-state index contributed by atoms with van der Waals surface area (Å²) in [4.78, 5) is 6.51. The van der Waals surface area contributed by atoms with Crippen molar-refractivity contribution in [3.05, 3.63) is 24.0 Å². The van der Waals surface area contributed by atoms with Gasteiger partial charge in [0.1, 0.15) is 0 Å². The number of nitrogen functional groups attached to an aromatic ring is 1. The zero-order chi connectivity index (χ0) is 11.5. The lowest BCUT2D eigenvalue weighted by molar-refractivity contribution is 0.0272. The molecule has 1 aliphatic carbocycles. The van der Waals surface area contributed by atoms with Gasteiger partial charge in [0.2, 0.25) is 0 Å². The normalized spacial score (nSPS) is 24.4. The van der Waals surface area contributed by atoms with Gasteiger partial charge in [-0.25, -0.2) is 0 Å². The number of aliphatic hydroxyl groups excluding tert-OH is 1. The standard InChI is InChI=1S/C12H19N3O/c1-15(7-9-4-12(16)5-9)8-11-6-10(13)2-3-14-11/h2-3,6,9,12,16H,4-5,7-8H2,1H3,(H2,13,14). The molecular formula is C12H19N3O. The van der Waals surface area contributed by atoms with Gasteiger partial charge in [-0.1, -0.05) is 0 Å². The Morgan fingerprint density at radius 3 is 2.94 bits per heavy atom. The van der Waals surface area contributed by atoms with Crippen LogP contribution in [0.15, 0.2) is 18.3 Å². The summed E-state index contributed by atoms with van der Waals surface area (Å²) in [6.07, 6.45) is 3.55. The van der Waals surface area contributed by atoms with Crippen molar-refractivity contribution in [3.8, 4) is 0 Å². The molecule has 1 aromatic heterocycles. The highest BCUT2D eigenvalue weighted by atomic mass is 16.3. The fourth-order valence-electron chi connectivity index (χ4n) is 2.21. The first-order chi connectivity index (χ1) is 7.63. The molecule has 0 atom stereocenters. The van der Waals surface area contributed by atoms with Gasteiger partial charge < -0.3 is 15.7 Å². The Morgan fingerprint density at radius 1 is 1.56 bits per heavy atom. The monoisotopic (exact) mass is 221 g/mol. The fraction of sp³-hybridized carbons (Fsp3) is 0.583. The molecule has 0 aliphatic heterocycles. The summed E-state index contributed by atoms with van der Waals surface area (Å²) in [5.74, 6) is 0.640. The molecule has 4 nitrogen and oxygen atoms in total. The molecule has 0 spiro atoms. The van der Waals surface area contributed by atoms with Crippen molar-refractivity contribution in [3.63, 3.8) is 0 Å². The topological polar surface area (TPSA) is 62.4 Å². The summed E-state index contributed by atoms with van der Waals surface area (Å²) >= 11 is 0. The quantitative estimate of drug-likeness (QED) is 0.792. The summed E-state index contributed by atoms with van der Waals surface area (Å²) in [6, 6.07) is 3.71. The predicted octanol–water partition coefficient (Wildman–Crippen LogP) is 0.867. The summed E-state index contributed by atoms with van der Waals surface area (Å²) in [5.41, 5.74) is 7.46. The molecule has 88 valence electrons. The molecule has 1 saturated carbocycles. The van der Waals surface area contributed by atoms with Gasteiger partial charge in [0.15, 0.2) is 0 Å². The van der Waals surface area contributed by atoms with Crippen LogP contribution in [0.25, 0.3) is 0 Å². The van der Waals surface area contributed by atoms with Crippen LogP contribution in [0, 0.1) is 5.92 Å². The molecule has 1 fully saturated rings. The smallest absolute Gasteiger partial charge is 0.0564 e. The van der Waals surface area contributed by atoms with Gasteiger partial charge in [-0.05, 0) is 37.9 Å². The summed E-state index contributed by atoms with van der Waals surface area (Å²) < 4.78 is 0. The van der Waals surface area contributed by atoms with E-state index in [9.17, 15) is 5.11 Å². The molecule has 0 amide bonds. The van der Waals surface area contributed by atoms with Gasteiger partial charge in [-0.15, -0.1) is 0 Å². The molecule has 1 aromatic rings. The minimum atomic E-state index is -0.0658. The van der Waals surface area contributed by atoms with Crippen LogP contribution in [-0.2, 0) is 6.54 Å². The van der Waals surface area contributed by atoms with E-state index in [0.29, 0.717) is 5.92 Å². The molecule has 0 bridgehead atoms. The molecule has 3 N–H and O–H groups in total. The Bertz CT molecular complexity index is 350. The molecule has 0 radical (unpaired) electrons. The molecule has 1 heterocycles.